The Morgan fingerprint density at radius 2 is 1.88 bits per heavy atom. The highest BCUT2D eigenvalue weighted by Crippen LogP contribution is 2.29. The van der Waals surface area contributed by atoms with Crippen LogP contribution in [0.15, 0.2) is 29.2 Å². The van der Waals surface area contributed by atoms with Gasteiger partial charge >= 0.3 is 0 Å². The largest absolute Gasteiger partial charge is 0.497 e. The lowest BCUT2D eigenvalue weighted by molar-refractivity contribution is -0.122. The molecule has 1 saturated carbocycles. The first-order chi connectivity index (χ1) is 11.8. The average Bonchev–Trinajstić information content (AvgIpc) is 2.59. The molecule has 1 amide bonds. The van der Waals surface area contributed by atoms with Crippen LogP contribution in [-0.2, 0) is 14.8 Å². The molecule has 1 aromatic rings. The minimum atomic E-state index is -3.62. The lowest BCUT2D eigenvalue weighted by Crippen LogP contribution is -2.44. The molecule has 0 saturated heterocycles. The molecule has 3 atom stereocenters. The lowest BCUT2D eigenvalue weighted by Gasteiger charge is -2.34. The van der Waals surface area contributed by atoms with Gasteiger partial charge in [-0.05, 0) is 42.5 Å². The Morgan fingerprint density at radius 1 is 1.20 bits per heavy atom. The van der Waals surface area contributed by atoms with Gasteiger partial charge in [0.15, 0.2) is 0 Å². The van der Waals surface area contributed by atoms with Crippen LogP contribution in [0.5, 0.6) is 5.75 Å². The molecule has 0 aliphatic heterocycles. The summed E-state index contributed by atoms with van der Waals surface area (Å²) in [6.45, 7) is 4.46. The number of sulfonamides is 1. The molecule has 3 unspecified atom stereocenters. The van der Waals surface area contributed by atoms with Crippen molar-refractivity contribution in [3.63, 3.8) is 0 Å². The maximum Gasteiger partial charge on any atom is 0.240 e. The Balaban J connectivity index is 1.81. The molecule has 2 rings (SSSR count). The van der Waals surface area contributed by atoms with Crippen LogP contribution in [0.25, 0.3) is 0 Å². The predicted molar refractivity (Wildman–Crippen MR) is 96.9 cm³/mol. The first kappa shape index (κ1) is 19.7. The Morgan fingerprint density at radius 3 is 2.52 bits per heavy atom. The Hall–Kier alpha value is -1.60. The molecule has 1 fully saturated rings. The first-order valence-electron chi connectivity index (χ1n) is 8.76. The molecule has 25 heavy (non-hydrogen) atoms. The Kier molecular flexibility index (Phi) is 6.84. The maximum atomic E-state index is 12.2. The quantitative estimate of drug-likeness (QED) is 0.773. The number of rotatable bonds is 7. The normalized spacial score (nSPS) is 23.9. The van der Waals surface area contributed by atoms with Gasteiger partial charge in [0.2, 0.25) is 15.9 Å². The fourth-order valence-corrected chi connectivity index (χ4v) is 4.23. The van der Waals surface area contributed by atoms with E-state index >= 15 is 0 Å². The minimum absolute atomic E-state index is 0.0802. The fraction of sp³-hybridized carbons (Fsp3) is 0.611. The van der Waals surface area contributed by atoms with Crippen LogP contribution in [0.2, 0.25) is 0 Å². The van der Waals surface area contributed by atoms with Crippen LogP contribution >= 0.6 is 0 Å². The zero-order valence-electron chi connectivity index (χ0n) is 15.1. The van der Waals surface area contributed by atoms with E-state index in [1.807, 2.05) is 0 Å². The Labute approximate surface area is 150 Å². The van der Waals surface area contributed by atoms with Gasteiger partial charge in [-0.25, -0.2) is 13.1 Å². The number of benzene rings is 1. The van der Waals surface area contributed by atoms with Crippen LogP contribution < -0.4 is 14.8 Å². The van der Waals surface area contributed by atoms with E-state index < -0.39 is 10.0 Å². The Bertz CT molecular complexity index is 673. The molecule has 140 valence electrons. The zero-order chi connectivity index (χ0) is 18.4. The molecule has 1 aliphatic rings. The number of hydrogen-bond acceptors (Lipinski definition) is 4. The van der Waals surface area contributed by atoms with Gasteiger partial charge in [-0.1, -0.05) is 26.7 Å². The second-order valence-corrected chi connectivity index (χ2v) is 8.53. The smallest absolute Gasteiger partial charge is 0.240 e. The van der Waals surface area contributed by atoms with Gasteiger partial charge in [-0.2, -0.15) is 0 Å². The van der Waals surface area contributed by atoms with Gasteiger partial charge in [0.05, 0.1) is 12.0 Å². The van der Waals surface area contributed by atoms with Gasteiger partial charge in [0, 0.05) is 19.0 Å². The van der Waals surface area contributed by atoms with Crippen LogP contribution in [-0.4, -0.2) is 34.0 Å². The minimum Gasteiger partial charge on any atom is -0.497 e. The molecule has 0 heterocycles. The van der Waals surface area contributed by atoms with E-state index in [9.17, 15) is 13.2 Å². The van der Waals surface area contributed by atoms with Crippen LogP contribution in [0.4, 0.5) is 0 Å². The summed E-state index contributed by atoms with van der Waals surface area (Å²) in [6.07, 6.45) is 3.46. The summed E-state index contributed by atoms with van der Waals surface area (Å²) >= 11 is 0. The van der Waals surface area contributed by atoms with E-state index in [1.165, 1.54) is 25.7 Å². The topological polar surface area (TPSA) is 84.5 Å². The molecule has 1 aliphatic carbocycles. The molecule has 0 radical (unpaired) electrons. The standard InChI is InChI=1S/C18H28N2O4S/c1-13-5-4-6-17(14(13)2)20-18(21)11-12-19-25(22,23)16-9-7-15(24-3)8-10-16/h7-10,13-14,17,19H,4-6,11-12H2,1-3H3,(H,20,21). The van der Waals surface area contributed by atoms with Gasteiger partial charge in [-0.3, -0.25) is 4.79 Å². The number of carbonyl (C=O) groups is 1. The summed E-state index contributed by atoms with van der Waals surface area (Å²) in [5.41, 5.74) is 0. The lowest BCUT2D eigenvalue weighted by atomic mass is 9.78. The van der Waals surface area contributed by atoms with Crippen molar-refractivity contribution in [2.45, 2.75) is 50.5 Å². The third kappa shape index (κ3) is 5.44. The van der Waals surface area contributed by atoms with Gasteiger partial charge in [0.1, 0.15) is 5.75 Å². The fourth-order valence-electron chi connectivity index (χ4n) is 3.20. The van der Waals surface area contributed by atoms with E-state index in [1.54, 1.807) is 12.1 Å². The maximum absolute atomic E-state index is 12.2. The highest BCUT2D eigenvalue weighted by molar-refractivity contribution is 7.89. The summed E-state index contributed by atoms with van der Waals surface area (Å²) in [5.74, 6) is 1.54. The third-order valence-corrected chi connectivity index (χ3v) is 6.54. The van der Waals surface area contributed by atoms with Gasteiger partial charge in [-0.15, -0.1) is 0 Å². The highest BCUT2D eigenvalue weighted by Gasteiger charge is 2.28. The van der Waals surface area contributed by atoms with Gasteiger partial charge in [0.25, 0.3) is 0 Å². The van der Waals surface area contributed by atoms with Crippen molar-refractivity contribution < 1.29 is 17.9 Å². The number of nitrogens with one attached hydrogen (secondary N) is 2. The number of hydrogen-bond donors (Lipinski definition) is 2. The van der Waals surface area contributed by atoms with Crippen molar-refractivity contribution in [2.75, 3.05) is 13.7 Å². The molecule has 0 bridgehead atoms. The van der Waals surface area contributed by atoms with E-state index in [4.69, 9.17) is 4.74 Å². The van der Waals surface area contributed by atoms with Gasteiger partial charge < -0.3 is 10.1 Å². The molecule has 7 heteroatoms. The summed E-state index contributed by atoms with van der Waals surface area (Å²) in [6, 6.07) is 6.33. The number of ether oxygens (including phenoxy) is 1. The average molecular weight is 368 g/mol. The second-order valence-electron chi connectivity index (χ2n) is 6.76. The molecule has 0 spiro atoms. The monoisotopic (exact) mass is 368 g/mol. The number of amides is 1. The highest BCUT2D eigenvalue weighted by atomic mass is 32.2. The SMILES string of the molecule is COc1ccc(S(=O)(=O)NCCC(=O)NC2CCCC(C)C2C)cc1. The van der Waals surface area contributed by atoms with E-state index in [0.29, 0.717) is 17.6 Å². The summed E-state index contributed by atoms with van der Waals surface area (Å²) in [7, 11) is -2.10. The van der Waals surface area contributed by atoms with Crippen molar-refractivity contribution >= 4 is 15.9 Å². The summed E-state index contributed by atoms with van der Waals surface area (Å²) in [4.78, 5) is 12.3. The molecular formula is C18H28N2O4S. The van der Waals surface area contributed by atoms with Crippen molar-refractivity contribution in [1.29, 1.82) is 0 Å². The summed E-state index contributed by atoms with van der Waals surface area (Å²) < 4.78 is 31.9. The predicted octanol–water partition coefficient (Wildman–Crippen LogP) is 2.30. The number of carbonyl (C=O) groups excluding carboxylic acids is 1. The van der Waals surface area contributed by atoms with E-state index in [-0.39, 0.29) is 29.8 Å². The molecule has 6 nitrogen and oxygen atoms in total. The third-order valence-electron chi connectivity index (χ3n) is 5.07. The second kappa shape index (κ2) is 8.67. The van der Waals surface area contributed by atoms with Crippen LogP contribution in [0, 0.1) is 11.8 Å². The number of methoxy groups -OCH3 is 1. The molecular weight excluding hydrogens is 340 g/mol. The van der Waals surface area contributed by atoms with Crippen molar-refractivity contribution in [1.82, 2.24) is 10.0 Å². The zero-order valence-corrected chi connectivity index (χ0v) is 15.9. The van der Waals surface area contributed by atoms with Crippen LogP contribution in [0.1, 0.15) is 39.5 Å². The van der Waals surface area contributed by atoms with E-state index in [0.717, 1.165) is 12.8 Å². The van der Waals surface area contributed by atoms with E-state index in [2.05, 4.69) is 23.9 Å². The first-order valence-corrected chi connectivity index (χ1v) is 10.2. The van der Waals surface area contributed by atoms with Crippen molar-refractivity contribution in [3.8, 4) is 5.75 Å². The molecule has 1 aromatic carbocycles. The van der Waals surface area contributed by atoms with Crippen LogP contribution in [0.3, 0.4) is 0 Å². The van der Waals surface area contributed by atoms with Crippen molar-refractivity contribution in [3.05, 3.63) is 24.3 Å². The molecule has 0 aromatic heterocycles. The molecule has 2 N–H and O–H groups in total. The summed E-state index contributed by atoms with van der Waals surface area (Å²) in [5, 5.41) is 3.05. The van der Waals surface area contributed by atoms with Crippen molar-refractivity contribution in [2.24, 2.45) is 11.8 Å².